The van der Waals surface area contributed by atoms with E-state index in [1.807, 2.05) is 6.92 Å². The molecule has 0 saturated carbocycles. The van der Waals surface area contributed by atoms with Crippen molar-refractivity contribution in [3.63, 3.8) is 0 Å². The van der Waals surface area contributed by atoms with Gasteiger partial charge in [0, 0.05) is 10.6 Å². The molecule has 0 bridgehead atoms. The molecular formula is C18H16ClN3O3S. The molecule has 2 aromatic carbocycles. The predicted octanol–water partition coefficient (Wildman–Crippen LogP) is 4.42. The minimum Gasteiger partial charge on any atom is -0.494 e. The van der Waals surface area contributed by atoms with Gasteiger partial charge in [-0.15, -0.1) is 10.2 Å². The van der Waals surface area contributed by atoms with Crippen molar-refractivity contribution < 1.29 is 14.3 Å². The summed E-state index contributed by atoms with van der Waals surface area (Å²) in [6, 6.07) is 14.0. The number of amides is 1. The lowest BCUT2D eigenvalue weighted by molar-refractivity contribution is 0.102. The normalized spacial score (nSPS) is 10.4. The van der Waals surface area contributed by atoms with Gasteiger partial charge in [-0.3, -0.25) is 10.1 Å². The van der Waals surface area contributed by atoms with Crippen LogP contribution in [-0.4, -0.2) is 22.7 Å². The molecule has 1 N–H and O–H groups in total. The average Bonchev–Trinajstić information content (AvgIpc) is 3.09. The Balaban J connectivity index is 1.58. The summed E-state index contributed by atoms with van der Waals surface area (Å²) in [5.41, 5.74) is 0.491. The highest BCUT2D eigenvalue weighted by molar-refractivity contribution is 7.15. The summed E-state index contributed by atoms with van der Waals surface area (Å²) in [4.78, 5) is 12.3. The van der Waals surface area contributed by atoms with Crippen molar-refractivity contribution in [3.05, 3.63) is 64.1 Å². The van der Waals surface area contributed by atoms with Gasteiger partial charge in [-0.1, -0.05) is 29.0 Å². The Bertz CT molecular complexity index is 883. The number of nitrogens with zero attached hydrogens (tertiary/aromatic N) is 2. The molecule has 134 valence electrons. The minimum absolute atomic E-state index is 0.259. The maximum atomic E-state index is 12.3. The number of hydrogen-bond donors (Lipinski definition) is 1. The third-order valence-electron chi connectivity index (χ3n) is 3.27. The van der Waals surface area contributed by atoms with Gasteiger partial charge >= 0.3 is 0 Å². The third kappa shape index (κ3) is 4.93. The van der Waals surface area contributed by atoms with Crippen LogP contribution in [0.4, 0.5) is 5.13 Å². The molecule has 0 aliphatic heterocycles. The molecule has 0 aliphatic rings. The number of nitrogens with one attached hydrogen (secondary N) is 1. The molecule has 1 aromatic heterocycles. The van der Waals surface area contributed by atoms with Crippen LogP contribution in [0.15, 0.2) is 48.5 Å². The highest BCUT2D eigenvalue weighted by Gasteiger charge is 2.11. The van der Waals surface area contributed by atoms with E-state index in [4.69, 9.17) is 21.1 Å². The molecule has 8 heteroatoms. The first kappa shape index (κ1) is 18.2. The molecule has 0 aliphatic carbocycles. The van der Waals surface area contributed by atoms with Gasteiger partial charge in [0.25, 0.3) is 5.91 Å². The molecule has 3 aromatic rings. The summed E-state index contributed by atoms with van der Waals surface area (Å²) in [5.74, 6) is 1.06. The van der Waals surface area contributed by atoms with Crippen molar-refractivity contribution in [1.29, 1.82) is 0 Å². The van der Waals surface area contributed by atoms with Gasteiger partial charge in [-0.05, 0) is 49.4 Å². The van der Waals surface area contributed by atoms with E-state index in [0.29, 0.717) is 38.8 Å². The molecule has 1 amide bonds. The van der Waals surface area contributed by atoms with Crippen LogP contribution in [0.5, 0.6) is 11.5 Å². The molecular weight excluding hydrogens is 374 g/mol. The number of hydrogen-bond acceptors (Lipinski definition) is 6. The van der Waals surface area contributed by atoms with E-state index in [1.54, 1.807) is 48.5 Å². The molecule has 0 atom stereocenters. The van der Waals surface area contributed by atoms with E-state index < -0.39 is 0 Å². The van der Waals surface area contributed by atoms with Crippen LogP contribution in [0.25, 0.3) is 0 Å². The van der Waals surface area contributed by atoms with Crippen molar-refractivity contribution in [3.8, 4) is 11.5 Å². The van der Waals surface area contributed by atoms with Crippen LogP contribution in [-0.2, 0) is 6.61 Å². The standard InChI is InChI=1S/C18H16ClN3O3S/c1-2-24-15-5-3-4-12(10-15)17(23)20-18-22-21-16(26-18)11-25-14-8-6-13(19)7-9-14/h3-10H,2,11H2,1H3,(H,20,22,23). The number of carbonyl (C=O) groups is 1. The second kappa shape index (κ2) is 8.64. The van der Waals surface area contributed by atoms with Gasteiger partial charge in [-0.25, -0.2) is 0 Å². The predicted molar refractivity (Wildman–Crippen MR) is 101 cm³/mol. The highest BCUT2D eigenvalue weighted by atomic mass is 35.5. The Morgan fingerprint density at radius 3 is 2.69 bits per heavy atom. The molecule has 6 nitrogen and oxygen atoms in total. The molecule has 0 unspecified atom stereocenters. The average molecular weight is 390 g/mol. The number of anilines is 1. The Morgan fingerprint density at radius 1 is 1.12 bits per heavy atom. The topological polar surface area (TPSA) is 73.3 Å². The number of halogens is 1. The summed E-state index contributed by atoms with van der Waals surface area (Å²) >= 11 is 7.09. The van der Waals surface area contributed by atoms with Gasteiger partial charge in [0.2, 0.25) is 5.13 Å². The lowest BCUT2D eigenvalue weighted by atomic mass is 10.2. The van der Waals surface area contributed by atoms with Crippen LogP contribution in [0.2, 0.25) is 5.02 Å². The molecule has 0 radical (unpaired) electrons. The van der Waals surface area contributed by atoms with Crippen LogP contribution in [0, 0.1) is 0 Å². The molecule has 0 spiro atoms. The number of ether oxygens (including phenoxy) is 2. The molecule has 3 rings (SSSR count). The van der Waals surface area contributed by atoms with Crippen molar-refractivity contribution in [2.24, 2.45) is 0 Å². The van der Waals surface area contributed by atoms with Gasteiger partial charge in [0.05, 0.1) is 6.61 Å². The van der Waals surface area contributed by atoms with Crippen LogP contribution >= 0.6 is 22.9 Å². The molecule has 0 fully saturated rings. The molecule has 26 heavy (non-hydrogen) atoms. The number of aromatic nitrogens is 2. The van der Waals surface area contributed by atoms with E-state index >= 15 is 0 Å². The summed E-state index contributed by atoms with van der Waals surface area (Å²) < 4.78 is 11.0. The smallest absolute Gasteiger partial charge is 0.257 e. The van der Waals surface area contributed by atoms with Gasteiger partial charge in [-0.2, -0.15) is 0 Å². The quantitative estimate of drug-likeness (QED) is 0.647. The Labute approximate surface area is 159 Å². The van der Waals surface area contributed by atoms with Crippen LogP contribution in [0.3, 0.4) is 0 Å². The van der Waals surface area contributed by atoms with Crippen molar-refractivity contribution in [1.82, 2.24) is 10.2 Å². The summed E-state index contributed by atoms with van der Waals surface area (Å²) in [5, 5.41) is 12.4. The maximum absolute atomic E-state index is 12.3. The van der Waals surface area contributed by atoms with Gasteiger partial charge < -0.3 is 9.47 Å². The zero-order valence-corrected chi connectivity index (χ0v) is 15.5. The summed E-state index contributed by atoms with van der Waals surface area (Å²) in [6.45, 7) is 2.69. The van der Waals surface area contributed by atoms with Crippen molar-refractivity contribution >= 4 is 34.0 Å². The fourth-order valence-corrected chi connectivity index (χ4v) is 2.88. The zero-order valence-electron chi connectivity index (χ0n) is 13.9. The Kier molecular flexibility index (Phi) is 6.04. The van der Waals surface area contributed by atoms with Crippen molar-refractivity contribution in [2.45, 2.75) is 13.5 Å². The number of benzene rings is 2. The Hall–Kier alpha value is -2.64. The highest BCUT2D eigenvalue weighted by Crippen LogP contribution is 2.21. The molecule has 0 saturated heterocycles. The summed E-state index contributed by atoms with van der Waals surface area (Å²) in [6.07, 6.45) is 0. The Morgan fingerprint density at radius 2 is 1.92 bits per heavy atom. The zero-order chi connectivity index (χ0) is 18.4. The van der Waals surface area contributed by atoms with Gasteiger partial charge in [0.15, 0.2) is 5.01 Å². The van der Waals surface area contributed by atoms with Crippen LogP contribution in [0.1, 0.15) is 22.3 Å². The largest absolute Gasteiger partial charge is 0.494 e. The third-order valence-corrected chi connectivity index (χ3v) is 4.33. The monoisotopic (exact) mass is 389 g/mol. The van der Waals surface area contributed by atoms with Crippen molar-refractivity contribution in [2.75, 3.05) is 11.9 Å². The van der Waals surface area contributed by atoms with E-state index in [9.17, 15) is 4.79 Å². The first-order valence-electron chi connectivity index (χ1n) is 7.89. The maximum Gasteiger partial charge on any atom is 0.257 e. The van der Waals surface area contributed by atoms with E-state index in [-0.39, 0.29) is 12.5 Å². The van der Waals surface area contributed by atoms with Gasteiger partial charge in [0.1, 0.15) is 18.1 Å². The summed E-state index contributed by atoms with van der Waals surface area (Å²) in [7, 11) is 0. The second-order valence-electron chi connectivity index (χ2n) is 5.16. The first-order chi connectivity index (χ1) is 12.6. The number of rotatable bonds is 7. The van der Waals surface area contributed by atoms with E-state index in [0.717, 1.165) is 0 Å². The SMILES string of the molecule is CCOc1cccc(C(=O)Nc2nnc(COc3ccc(Cl)cc3)s2)c1. The molecule has 1 heterocycles. The lowest BCUT2D eigenvalue weighted by Crippen LogP contribution is -2.11. The second-order valence-corrected chi connectivity index (χ2v) is 6.66. The fraction of sp³-hybridized carbons (Fsp3) is 0.167. The lowest BCUT2D eigenvalue weighted by Gasteiger charge is -2.05. The van der Waals surface area contributed by atoms with E-state index in [1.165, 1.54) is 11.3 Å². The van der Waals surface area contributed by atoms with E-state index in [2.05, 4.69) is 15.5 Å². The minimum atomic E-state index is -0.270. The number of carbonyl (C=O) groups excluding carboxylic acids is 1. The fourth-order valence-electron chi connectivity index (χ4n) is 2.10. The van der Waals surface area contributed by atoms with Crippen LogP contribution < -0.4 is 14.8 Å². The first-order valence-corrected chi connectivity index (χ1v) is 9.08.